The van der Waals surface area contributed by atoms with E-state index in [1.165, 1.54) is 0 Å². The largest absolute Gasteiger partial charge is 0.335 e. The van der Waals surface area contributed by atoms with E-state index in [1.807, 2.05) is 37.3 Å². The van der Waals surface area contributed by atoms with Crippen molar-refractivity contribution in [3.63, 3.8) is 0 Å². The average Bonchev–Trinajstić information content (AvgIpc) is 3.44. The number of hydrogen-bond acceptors (Lipinski definition) is 3. The summed E-state index contributed by atoms with van der Waals surface area (Å²) in [5.74, 6) is -0.534. The summed E-state index contributed by atoms with van der Waals surface area (Å²) in [6.07, 6.45) is 2.18. The summed E-state index contributed by atoms with van der Waals surface area (Å²) in [7, 11) is -3.58. The van der Waals surface area contributed by atoms with Gasteiger partial charge in [0.05, 0.1) is 5.75 Å². The summed E-state index contributed by atoms with van der Waals surface area (Å²) in [4.78, 5) is 14.6. The first kappa shape index (κ1) is 19.9. The number of rotatable bonds is 8. The summed E-state index contributed by atoms with van der Waals surface area (Å²) in [5.41, 5.74) is 1.60. The fourth-order valence-electron chi connectivity index (χ4n) is 3.28. The first-order valence-corrected chi connectivity index (χ1v) is 11.3. The van der Waals surface area contributed by atoms with Crippen molar-refractivity contribution in [2.24, 2.45) is 5.92 Å². The van der Waals surface area contributed by atoms with Gasteiger partial charge in [-0.15, -0.1) is 0 Å². The molecule has 1 saturated carbocycles. The van der Waals surface area contributed by atoms with Crippen molar-refractivity contribution < 1.29 is 13.2 Å². The highest BCUT2D eigenvalue weighted by Crippen LogP contribution is 2.35. The maximum Gasteiger partial charge on any atom is 0.238 e. The molecule has 0 radical (unpaired) electrons. The van der Waals surface area contributed by atoms with Gasteiger partial charge in [-0.25, -0.2) is 8.42 Å². The van der Waals surface area contributed by atoms with Crippen molar-refractivity contribution >= 4 is 27.3 Å². The highest BCUT2D eigenvalue weighted by molar-refractivity contribution is 7.91. The van der Waals surface area contributed by atoms with Gasteiger partial charge in [-0.1, -0.05) is 54.1 Å². The zero-order chi connectivity index (χ0) is 19.4. The molecule has 2 aromatic rings. The molecule has 1 amide bonds. The summed E-state index contributed by atoms with van der Waals surface area (Å²) in [6.45, 7) is 2.45. The van der Waals surface area contributed by atoms with Gasteiger partial charge in [-0.05, 0) is 48.9 Å². The first-order valence-electron chi connectivity index (χ1n) is 9.12. The molecule has 0 saturated heterocycles. The van der Waals surface area contributed by atoms with Crippen LogP contribution in [0.1, 0.15) is 30.9 Å². The van der Waals surface area contributed by atoms with Gasteiger partial charge in [-0.2, -0.15) is 0 Å². The lowest BCUT2D eigenvalue weighted by Gasteiger charge is -2.29. The fraction of sp³-hybridized carbons (Fsp3) is 0.381. The Labute approximate surface area is 166 Å². The van der Waals surface area contributed by atoms with Gasteiger partial charge in [0.25, 0.3) is 0 Å². The van der Waals surface area contributed by atoms with E-state index in [1.54, 1.807) is 29.2 Å². The number of benzene rings is 2. The van der Waals surface area contributed by atoms with E-state index in [9.17, 15) is 13.2 Å². The van der Waals surface area contributed by atoms with Crippen LogP contribution in [0.5, 0.6) is 0 Å². The number of hydrogen-bond donors (Lipinski definition) is 0. The Bertz CT molecular complexity index is 895. The molecule has 1 aliphatic rings. The van der Waals surface area contributed by atoms with E-state index in [-0.39, 0.29) is 17.7 Å². The minimum absolute atomic E-state index is 0.0408. The molecule has 2 aromatic carbocycles. The molecule has 144 valence electrons. The molecule has 6 heteroatoms. The molecule has 1 fully saturated rings. The van der Waals surface area contributed by atoms with E-state index >= 15 is 0 Å². The maximum absolute atomic E-state index is 12.9. The number of carbonyl (C=O) groups is 1. The van der Waals surface area contributed by atoms with Crippen molar-refractivity contribution in [2.45, 2.75) is 38.1 Å². The van der Waals surface area contributed by atoms with Crippen molar-refractivity contribution in [1.29, 1.82) is 0 Å². The third-order valence-corrected chi connectivity index (χ3v) is 6.63. The number of sulfone groups is 1. The number of amides is 1. The van der Waals surface area contributed by atoms with Gasteiger partial charge in [0.2, 0.25) is 5.91 Å². The van der Waals surface area contributed by atoms with Crippen LogP contribution in [0.15, 0.2) is 54.6 Å². The number of halogens is 1. The predicted octanol–water partition coefficient (Wildman–Crippen LogP) is 4.08. The molecule has 0 spiro atoms. The minimum Gasteiger partial charge on any atom is -0.335 e. The van der Waals surface area contributed by atoms with Crippen LogP contribution in [0.25, 0.3) is 0 Å². The van der Waals surface area contributed by atoms with Crippen LogP contribution in [-0.2, 0) is 26.9 Å². The highest BCUT2D eigenvalue weighted by Gasteiger charge is 2.35. The van der Waals surface area contributed by atoms with Gasteiger partial charge in [0, 0.05) is 17.6 Å². The van der Waals surface area contributed by atoms with Gasteiger partial charge in [0.15, 0.2) is 9.84 Å². The van der Waals surface area contributed by atoms with E-state index < -0.39 is 15.6 Å². The Morgan fingerprint density at radius 2 is 1.78 bits per heavy atom. The highest BCUT2D eigenvalue weighted by atomic mass is 35.5. The summed E-state index contributed by atoms with van der Waals surface area (Å²) in [5, 5.41) is 0.488. The molecule has 27 heavy (non-hydrogen) atoms. The van der Waals surface area contributed by atoms with Crippen molar-refractivity contribution in [1.82, 2.24) is 4.90 Å². The van der Waals surface area contributed by atoms with E-state index in [4.69, 9.17) is 11.6 Å². The van der Waals surface area contributed by atoms with Crippen LogP contribution in [-0.4, -0.2) is 31.0 Å². The first-order chi connectivity index (χ1) is 12.8. The topological polar surface area (TPSA) is 54.5 Å². The Morgan fingerprint density at radius 3 is 2.41 bits per heavy atom. The Hall–Kier alpha value is -1.85. The van der Waals surface area contributed by atoms with Crippen molar-refractivity contribution in [3.05, 3.63) is 70.7 Å². The molecule has 1 aliphatic carbocycles. The number of nitrogens with zero attached hydrogens (tertiary/aromatic N) is 1. The molecular formula is C21H24ClNO3S. The molecule has 3 rings (SSSR count). The minimum atomic E-state index is -3.58. The van der Waals surface area contributed by atoms with Crippen LogP contribution >= 0.6 is 11.6 Å². The zero-order valence-electron chi connectivity index (χ0n) is 15.3. The monoisotopic (exact) mass is 405 g/mol. The van der Waals surface area contributed by atoms with Gasteiger partial charge in [0.1, 0.15) is 5.75 Å². The van der Waals surface area contributed by atoms with Crippen LogP contribution in [0.3, 0.4) is 0 Å². The molecule has 0 aliphatic heterocycles. The predicted molar refractivity (Wildman–Crippen MR) is 108 cm³/mol. The van der Waals surface area contributed by atoms with Gasteiger partial charge >= 0.3 is 0 Å². The van der Waals surface area contributed by atoms with Crippen molar-refractivity contribution in [2.75, 3.05) is 5.75 Å². The molecule has 0 heterocycles. The molecule has 0 N–H and O–H groups in total. The Morgan fingerprint density at radius 1 is 1.11 bits per heavy atom. The maximum atomic E-state index is 12.9. The van der Waals surface area contributed by atoms with Crippen LogP contribution < -0.4 is 0 Å². The molecule has 0 unspecified atom stereocenters. The quantitative estimate of drug-likeness (QED) is 0.664. The summed E-state index contributed by atoms with van der Waals surface area (Å²) >= 11 is 5.93. The van der Waals surface area contributed by atoms with Gasteiger partial charge < -0.3 is 4.90 Å². The fourth-order valence-corrected chi connectivity index (χ4v) is 4.82. The van der Waals surface area contributed by atoms with Crippen LogP contribution in [0, 0.1) is 5.92 Å². The molecular weight excluding hydrogens is 382 g/mol. The standard InChI is InChI=1S/C21H24ClNO3S/c1-16(19-10-11-19)23(13-17-6-3-2-4-7-17)21(24)15-27(25,26)14-18-8-5-9-20(22)12-18/h2-9,12,16,19H,10-11,13-15H2,1H3/t16-/m0/s1. The van der Waals surface area contributed by atoms with Crippen LogP contribution in [0.2, 0.25) is 5.02 Å². The third kappa shape index (κ3) is 5.81. The smallest absolute Gasteiger partial charge is 0.238 e. The summed E-state index contributed by atoms with van der Waals surface area (Å²) < 4.78 is 25.2. The van der Waals surface area contributed by atoms with Crippen LogP contribution in [0.4, 0.5) is 0 Å². The second kappa shape index (κ2) is 8.44. The average molecular weight is 406 g/mol. The van der Waals surface area contributed by atoms with E-state index in [2.05, 4.69) is 0 Å². The normalized spacial score (nSPS) is 15.3. The van der Waals surface area contributed by atoms with Gasteiger partial charge in [-0.3, -0.25) is 4.79 Å². The van der Waals surface area contributed by atoms with E-state index in [0.717, 1.165) is 18.4 Å². The molecule has 4 nitrogen and oxygen atoms in total. The number of carbonyl (C=O) groups excluding carboxylic acids is 1. The molecule has 0 bridgehead atoms. The SMILES string of the molecule is C[C@@H](C1CC1)N(Cc1ccccc1)C(=O)CS(=O)(=O)Cc1cccc(Cl)c1. The van der Waals surface area contributed by atoms with E-state index in [0.29, 0.717) is 23.0 Å². The third-order valence-electron chi connectivity index (χ3n) is 4.93. The summed E-state index contributed by atoms with van der Waals surface area (Å²) in [6, 6.07) is 16.5. The van der Waals surface area contributed by atoms with Crippen molar-refractivity contribution in [3.8, 4) is 0 Å². The Balaban J connectivity index is 1.72. The lowest BCUT2D eigenvalue weighted by molar-refractivity contribution is -0.131. The Kier molecular flexibility index (Phi) is 6.22. The second-order valence-electron chi connectivity index (χ2n) is 7.25. The molecule has 0 aromatic heterocycles. The second-order valence-corrected chi connectivity index (χ2v) is 9.75. The lowest BCUT2D eigenvalue weighted by Crippen LogP contribution is -2.42. The zero-order valence-corrected chi connectivity index (χ0v) is 16.9. The lowest BCUT2D eigenvalue weighted by atomic mass is 10.1. The molecule has 1 atom stereocenters.